The van der Waals surface area contributed by atoms with Crippen LogP contribution in [0.15, 0.2) is 44.6 Å². The average Bonchev–Trinajstić information content (AvgIpc) is 3.12. The Morgan fingerprint density at radius 3 is 2.81 bits per heavy atom. The van der Waals surface area contributed by atoms with Crippen LogP contribution in [0.25, 0.3) is 10.1 Å². The summed E-state index contributed by atoms with van der Waals surface area (Å²) < 4.78 is 8.42. The van der Waals surface area contributed by atoms with E-state index in [-0.39, 0.29) is 6.04 Å². The van der Waals surface area contributed by atoms with Crippen LogP contribution in [0.2, 0.25) is 0 Å². The first-order valence-electron chi connectivity index (χ1n) is 7.22. The Hall–Kier alpha value is -1.10. The zero-order chi connectivity index (χ0) is 14.8. The largest absolute Gasteiger partial charge is 0.464 e. The van der Waals surface area contributed by atoms with Gasteiger partial charge in [-0.05, 0) is 57.0 Å². The van der Waals surface area contributed by atoms with Crippen LogP contribution in [0.4, 0.5) is 0 Å². The monoisotopic (exact) mass is 363 g/mol. The molecule has 2 nitrogen and oxygen atoms in total. The van der Waals surface area contributed by atoms with Gasteiger partial charge in [0, 0.05) is 15.6 Å². The van der Waals surface area contributed by atoms with Gasteiger partial charge in [0.15, 0.2) is 0 Å². The van der Waals surface area contributed by atoms with Crippen molar-refractivity contribution in [2.45, 2.75) is 26.3 Å². The molecule has 0 spiro atoms. The highest BCUT2D eigenvalue weighted by atomic mass is 79.9. The molecule has 1 unspecified atom stereocenters. The maximum atomic E-state index is 5.98. The predicted molar refractivity (Wildman–Crippen MR) is 93.1 cm³/mol. The van der Waals surface area contributed by atoms with Crippen LogP contribution >= 0.6 is 27.3 Å². The lowest BCUT2D eigenvalue weighted by Crippen LogP contribution is -2.21. The molecule has 0 aliphatic rings. The third-order valence-electron chi connectivity index (χ3n) is 3.62. The summed E-state index contributed by atoms with van der Waals surface area (Å²) in [5, 5.41) is 7.07. The van der Waals surface area contributed by atoms with E-state index in [2.05, 4.69) is 70.8 Å². The summed E-state index contributed by atoms with van der Waals surface area (Å²) >= 11 is 5.41. The summed E-state index contributed by atoms with van der Waals surface area (Å²) in [5.41, 5.74) is 1.29. The van der Waals surface area contributed by atoms with E-state index in [1.807, 2.05) is 0 Å². The Kier molecular flexibility index (Phi) is 4.48. The molecule has 0 saturated carbocycles. The first kappa shape index (κ1) is 14.8. The molecule has 3 aromatic rings. The molecule has 3 rings (SSSR count). The lowest BCUT2D eigenvalue weighted by Gasteiger charge is -2.15. The maximum absolute atomic E-state index is 5.98. The highest BCUT2D eigenvalue weighted by Gasteiger charge is 2.20. The number of hydrogen-bond donors (Lipinski definition) is 1. The van der Waals surface area contributed by atoms with Crippen molar-refractivity contribution in [2.24, 2.45) is 0 Å². The summed E-state index contributed by atoms with van der Waals surface area (Å²) in [4.78, 5) is 0. The molecule has 0 saturated heterocycles. The van der Waals surface area contributed by atoms with Crippen molar-refractivity contribution in [3.05, 3.63) is 57.3 Å². The van der Waals surface area contributed by atoms with E-state index in [1.54, 1.807) is 11.3 Å². The van der Waals surface area contributed by atoms with E-state index in [1.165, 1.54) is 15.6 Å². The van der Waals surface area contributed by atoms with Crippen molar-refractivity contribution < 1.29 is 4.42 Å². The third-order valence-corrected chi connectivity index (χ3v) is 5.59. The summed E-state index contributed by atoms with van der Waals surface area (Å²) in [6.07, 6.45) is 0.925. The zero-order valence-corrected chi connectivity index (χ0v) is 14.6. The fourth-order valence-electron chi connectivity index (χ4n) is 2.57. The first-order valence-corrected chi connectivity index (χ1v) is 8.89. The molecule has 0 radical (unpaired) electrons. The Morgan fingerprint density at radius 2 is 2.10 bits per heavy atom. The van der Waals surface area contributed by atoms with E-state index in [0.717, 1.165) is 29.0 Å². The van der Waals surface area contributed by atoms with Gasteiger partial charge in [-0.1, -0.05) is 26.0 Å². The normalized spacial score (nSPS) is 12.9. The van der Waals surface area contributed by atoms with Gasteiger partial charge >= 0.3 is 0 Å². The smallest absolute Gasteiger partial charge is 0.125 e. The molecule has 21 heavy (non-hydrogen) atoms. The Labute approximate surface area is 137 Å². The van der Waals surface area contributed by atoms with Crippen LogP contribution in [-0.4, -0.2) is 6.54 Å². The number of halogens is 1. The van der Waals surface area contributed by atoms with Crippen LogP contribution in [0.1, 0.15) is 37.0 Å². The number of thiophene rings is 1. The van der Waals surface area contributed by atoms with E-state index in [4.69, 9.17) is 4.42 Å². The highest BCUT2D eigenvalue weighted by Crippen LogP contribution is 2.37. The fraction of sp³-hybridized carbons (Fsp3) is 0.294. The molecule has 2 aromatic heterocycles. The molecule has 1 N–H and O–H groups in total. The number of nitrogens with one attached hydrogen (secondary N) is 1. The van der Waals surface area contributed by atoms with E-state index < -0.39 is 0 Å². The predicted octanol–water partition coefficient (Wildman–Crippen LogP) is 5.52. The topological polar surface area (TPSA) is 25.2 Å². The average molecular weight is 364 g/mol. The minimum atomic E-state index is 0.110. The second kappa shape index (κ2) is 6.34. The summed E-state index contributed by atoms with van der Waals surface area (Å²) in [6, 6.07) is 10.6. The van der Waals surface area contributed by atoms with Crippen molar-refractivity contribution in [3.63, 3.8) is 0 Å². The van der Waals surface area contributed by atoms with E-state index in [0.29, 0.717) is 0 Å². The molecule has 0 fully saturated rings. The second-order valence-corrected chi connectivity index (χ2v) is 6.69. The SMILES string of the molecule is CCNC(c1ccc(CC)o1)c1csc2c(Br)cccc12. The number of benzene rings is 1. The fourth-order valence-corrected chi connectivity index (χ4v) is 4.22. The molecule has 1 aromatic carbocycles. The maximum Gasteiger partial charge on any atom is 0.125 e. The second-order valence-electron chi connectivity index (χ2n) is 4.96. The Morgan fingerprint density at radius 1 is 1.24 bits per heavy atom. The van der Waals surface area contributed by atoms with Gasteiger partial charge in [-0.2, -0.15) is 0 Å². The van der Waals surface area contributed by atoms with Crippen LogP contribution in [-0.2, 0) is 6.42 Å². The van der Waals surface area contributed by atoms with Crippen LogP contribution in [0.5, 0.6) is 0 Å². The molecular formula is C17H18BrNOS. The van der Waals surface area contributed by atoms with Gasteiger partial charge < -0.3 is 9.73 Å². The number of fused-ring (bicyclic) bond motifs is 1. The van der Waals surface area contributed by atoms with Crippen LogP contribution in [0.3, 0.4) is 0 Å². The summed E-state index contributed by atoms with van der Waals surface area (Å²) in [6.45, 7) is 5.14. The molecule has 1 atom stereocenters. The van der Waals surface area contributed by atoms with Crippen molar-refractivity contribution in [3.8, 4) is 0 Å². The zero-order valence-electron chi connectivity index (χ0n) is 12.2. The molecule has 0 bridgehead atoms. The van der Waals surface area contributed by atoms with Gasteiger partial charge in [0.25, 0.3) is 0 Å². The molecular weight excluding hydrogens is 346 g/mol. The Bertz CT molecular complexity index is 746. The van der Waals surface area contributed by atoms with Crippen molar-refractivity contribution >= 4 is 37.4 Å². The van der Waals surface area contributed by atoms with Gasteiger partial charge in [0.05, 0.1) is 6.04 Å². The van der Waals surface area contributed by atoms with Crippen LogP contribution < -0.4 is 5.32 Å². The Balaban J connectivity index is 2.09. The van der Waals surface area contributed by atoms with Gasteiger partial charge in [0.1, 0.15) is 11.5 Å². The molecule has 0 aliphatic heterocycles. The quantitative estimate of drug-likeness (QED) is 0.645. The molecule has 0 aliphatic carbocycles. The molecule has 2 heterocycles. The molecule has 110 valence electrons. The highest BCUT2D eigenvalue weighted by molar-refractivity contribution is 9.10. The number of aryl methyl sites for hydroxylation is 1. The molecule has 0 amide bonds. The van der Waals surface area contributed by atoms with Gasteiger partial charge in [-0.15, -0.1) is 11.3 Å². The minimum absolute atomic E-state index is 0.110. The lowest BCUT2D eigenvalue weighted by molar-refractivity contribution is 0.427. The van der Waals surface area contributed by atoms with Gasteiger partial charge in [0.2, 0.25) is 0 Å². The summed E-state index contributed by atoms with van der Waals surface area (Å²) in [7, 11) is 0. The first-order chi connectivity index (χ1) is 10.2. The van der Waals surface area contributed by atoms with Gasteiger partial charge in [-0.25, -0.2) is 0 Å². The number of furan rings is 1. The van der Waals surface area contributed by atoms with E-state index >= 15 is 0 Å². The van der Waals surface area contributed by atoms with Crippen molar-refractivity contribution in [1.82, 2.24) is 5.32 Å². The van der Waals surface area contributed by atoms with Crippen molar-refractivity contribution in [2.75, 3.05) is 6.54 Å². The third kappa shape index (κ3) is 2.80. The lowest BCUT2D eigenvalue weighted by atomic mass is 10.0. The van der Waals surface area contributed by atoms with Gasteiger partial charge in [-0.3, -0.25) is 0 Å². The van der Waals surface area contributed by atoms with E-state index in [9.17, 15) is 0 Å². The minimum Gasteiger partial charge on any atom is -0.464 e. The number of hydrogen-bond acceptors (Lipinski definition) is 3. The standard InChI is InChI=1S/C17H18BrNOS/c1-3-11-8-9-15(20-11)16(19-4-2)13-10-21-17-12(13)6-5-7-14(17)18/h5-10,16,19H,3-4H2,1-2H3. The number of rotatable bonds is 5. The summed E-state index contributed by atoms with van der Waals surface area (Å²) in [5.74, 6) is 2.03. The van der Waals surface area contributed by atoms with Crippen LogP contribution in [0, 0.1) is 0 Å². The molecule has 4 heteroatoms. The van der Waals surface area contributed by atoms with Crippen molar-refractivity contribution in [1.29, 1.82) is 0 Å².